The molecular formula is C10H6N2O2. The van der Waals surface area contributed by atoms with Crippen LogP contribution in [0.25, 0.3) is 10.8 Å². The average molecular weight is 186 g/mol. The van der Waals surface area contributed by atoms with Crippen LogP contribution in [0.3, 0.4) is 0 Å². The van der Waals surface area contributed by atoms with E-state index in [1.165, 1.54) is 12.3 Å². The second-order valence-corrected chi connectivity index (χ2v) is 2.70. The Morgan fingerprint density at radius 3 is 3.00 bits per heavy atom. The van der Waals surface area contributed by atoms with Gasteiger partial charge in [-0.15, -0.1) is 5.26 Å². The summed E-state index contributed by atoms with van der Waals surface area (Å²) in [7, 11) is 0. The molecule has 1 N–H and O–H groups in total. The molecule has 1 aromatic carbocycles. The predicted molar refractivity (Wildman–Crippen MR) is 49.6 cm³/mol. The number of phenols is 1. The smallest absolute Gasteiger partial charge is 0.292 e. The number of phenolic OH excluding ortho intramolecular Hbond substituents is 1. The van der Waals surface area contributed by atoms with Crippen LogP contribution in [-0.2, 0) is 0 Å². The lowest BCUT2D eigenvalue weighted by molar-refractivity contribution is 0.424. The Morgan fingerprint density at radius 2 is 2.21 bits per heavy atom. The van der Waals surface area contributed by atoms with Crippen molar-refractivity contribution in [2.45, 2.75) is 0 Å². The van der Waals surface area contributed by atoms with Crippen molar-refractivity contribution in [1.29, 1.82) is 5.26 Å². The molecule has 1 heterocycles. The van der Waals surface area contributed by atoms with E-state index in [1.807, 2.05) is 0 Å². The van der Waals surface area contributed by atoms with Crippen LogP contribution in [0.1, 0.15) is 0 Å². The Bertz CT molecular complexity index is 517. The van der Waals surface area contributed by atoms with E-state index in [0.29, 0.717) is 5.39 Å². The number of nitrogens with zero attached hydrogens (tertiary/aromatic N) is 2. The Morgan fingerprint density at radius 1 is 1.36 bits per heavy atom. The third kappa shape index (κ3) is 1.21. The van der Waals surface area contributed by atoms with Gasteiger partial charge in [-0.25, -0.2) is 0 Å². The molecule has 2 aromatic rings. The summed E-state index contributed by atoms with van der Waals surface area (Å²) in [4.78, 5) is 3.90. The molecule has 14 heavy (non-hydrogen) atoms. The van der Waals surface area contributed by atoms with Gasteiger partial charge in [0.25, 0.3) is 6.26 Å². The summed E-state index contributed by atoms with van der Waals surface area (Å²) in [6, 6.07) is 4.99. The number of pyridine rings is 1. The summed E-state index contributed by atoms with van der Waals surface area (Å²) in [6.45, 7) is 0. The molecule has 0 spiro atoms. The fraction of sp³-hybridized carbons (Fsp3) is 0. The molecule has 0 bridgehead atoms. The second-order valence-electron chi connectivity index (χ2n) is 2.70. The Hall–Kier alpha value is -2.28. The van der Waals surface area contributed by atoms with Crippen LogP contribution in [0.4, 0.5) is 0 Å². The van der Waals surface area contributed by atoms with Gasteiger partial charge < -0.3 is 9.84 Å². The average Bonchev–Trinajstić information content (AvgIpc) is 2.23. The minimum Gasteiger partial charge on any atom is -0.504 e. The number of ether oxygens (including phenoxy) is 1. The first-order valence-electron chi connectivity index (χ1n) is 3.94. The van der Waals surface area contributed by atoms with Gasteiger partial charge in [-0.2, -0.15) is 0 Å². The van der Waals surface area contributed by atoms with E-state index in [9.17, 15) is 5.11 Å². The number of hydrogen-bond acceptors (Lipinski definition) is 4. The first-order chi connectivity index (χ1) is 6.83. The van der Waals surface area contributed by atoms with Crippen molar-refractivity contribution in [3.8, 4) is 17.8 Å². The fourth-order valence-electron chi connectivity index (χ4n) is 1.28. The normalized spacial score (nSPS) is 9.64. The fourth-order valence-corrected chi connectivity index (χ4v) is 1.28. The van der Waals surface area contributed by atoms with Gasteiger partial charge in [-0.3, -0.25) is 4.98 Å². The van der Waals surface area contributed by atoms with E-state index in [-0.39, 0.29) is 11.5 Å². The molecule has 0 radical (unpaired) electrons. The van der Waals surface area contributed by atoms with Crippen LogP contribution in [0.2, 0.25) is 0 Å². The summed E-state index contributed by atoms with van der Waals surface area (Å²) < 4.78 is 4.67. The molecule has 0 aliphatic rings. The van der Waals surface area contributed by atoms with Crippen LogP contribution in [0.5, 0.6) is 11.5 Å². The van der Waals surface area contributed by atoms with Gasteiger partial charge >= 0.3 is 0 Å². The van der Waals surface area contributed by atoms with Gasteiger partial charge in [-0.1, -0.05) is 6.07 Å². The van der Waals surface area contributed by atoms with Crippen molar-refractivity contribution < 1.29 is 9.84 Å². The number of hydrogen-bond donors (Lipinski definition) is 1. The number of rotatable bonds is 1. The molecule has 4 nitrogen and oxygen atoms in total. The van der Waals surface area contributed by atoms with E-state index in [4.69, 9.17) is 5.26 Å². The van der Waals surface area contributed by atoms with Crippen LogP contribution >= 0.6 is 0 Å². The van der Waals surface area contributed by atoms with Gasteiger partial charge in [0.2, 0.25) is 0 Å². The highest BCUT2D eigenvalue weighted by Gasteiger charge is 2.07. The van der Waals surface area contributed by atoms with E-state index >= 15 is 0 Å². The number of aromatic nitrogens is 1. The maximum absolute atomic E-state index is 9.44. The molecule has 0 aliphatic heterocycles. The van der Waals surface area contributed by atoms with Gasteiger partial charge in [0.15, 0.2) is 11.5 Å². The van der Waals surface area contributed by atoms with Gasteiger partial charge in [-0.05, 0) is 17.5 Å². The van der Waals surface area contributed by atoms with Crippen LogP contribution < -0.4 is 4.74 Å². The number of nitriles is 1. The molecule has 4 heteroatoms. The summed E-state index contributed by atoms with van der Waals surface area (Å²) in [6.07, 6.45) is 4.71. The van der Waals surface area contributed by atoms with Crippen LogP contribution in [0, 0.1) is 11.5 Å². The monoisotopic (exact) mass is 186 g/mol. The Kier molecular flexibility index (Phi) is 1.92. The summed E-state index contributed by atoms with van der Waals surface area (Å²) in [5.74, 6) is 0.0881. The standard InChI is InChI=1S/C10H6N2O2/c11-6-14-10-8-5-12-4-3-7(8)1-2-9(10)13/h1-5,13H. The van der Waals surface area contributed by atoms with Crippen molar-refractivity contribution in [1.82, 2.24) is 4.98 Å². The van der Waals surface area contributed by atoms with Crippen molar-refractivity contribution in [2.24, 2.45) is 0 Å². The Labute approximate surface area is 80.0 Å². The largest absolute Gasteiger partial charge is 0.504 e. The minimum absolute atomic E-state index is 0.0629. The zero-order chi connectivity index (χ0) is 9.97. The molecule has 0 aliphatic carbocycles. The van der Waals surface area contributed by atoms with Gasteiger partial charge in [0.1, 0.15) is 0 Å². The summed E-state index contributed by atoms with van der Waals surface area (Å²) >= 11 is 0. The second kappa shape index (κ2) is 3.23. The van der Waals surface area contributed by atoms with E-state index in [1.54, 1.807) is 24.5 Å². The maximum atomic E-state index is 9.44. The highest BCUT2D eigenvalue weighted by molar-refractivity contribution is 5.89. The quantitative estimate of drug-likeness (QED) is 0.689. The Balaban J connectivity index is 2.77. The molecular weight excluding hydrogens is 180 g/mol. The van der Waals surface area contributed by atoms with Gasteiger partial charge in [0.05, 0.1) is 0 Å². The van der Waals surface area contributed by atoms with Crippen molar-refractivity contribution in [3.63, 3.8) is 0 Å². The molecule has 0 amide bonds. The SMILES string of the molecule is N#COc1c(O)ccc2ccncc12. The third-order valence-corrected chi connectivity index (χ3v) is 1.90. The summed E-state index contributed by atoms with van der Waals surface area (Å²) in [5, 5.41) is 19.3. The maximum Gasteiger partial charge on any atom is 0.292 e. The topological polar surface area (TPSA) is 66.1 Å². The molecule has 0 unspecified atom stereocenters. The van der Waals surface area contributed by atoms with E-state index in [0.717, 1.165) is 5.39 Å². The zero-order valence-electron chi connectivity index (χ0n) is 7.14. The van der Waals surface area contributed by atoms with Crippen molar-refractivity contribution in [3.05, 3.63) is 30.6 Å². The predicted octanol–water partition coefficient (Wildman–Crippen LogP) is 1.80. The first-order valence-corrected chi connectivity index (χ1v) is 3.94. The highest BCUT2D eigenvalue weighted by Crippen LogP contribution is 2.33. The van der Waals surface area contributed by atoms with Crippen LogP contribution in [-0.4, -0.2) is 10.1 Å². The van der Waals surface area contributed by atoms with Crippen LogP contribution in [0.15, 0.2) is 30.6 Å². The lowest BCUT2D eigenvalue weighted by Crippen LogP contribution is -1.85. The number of fused-ring (bicyclic) bond motifs is 1. The molecule has 0 saturated heterocycles. The summed E-state index contributed by atoms with van der Waals surface area (Å²) in [5.41, 5.74) is 0. The zero-order valence-corrected chi connectivity index (χ0v) is 7.14. The lowest BCUT2D eigenvalue weighted by Gasteiger charge is -2.03. The lowest BCUT2D eigenvalue weighted by atomic mass is 10.1. The molecule has 2 rings (SSSR count). The highest BCUT2D eigenvalue weighted by atomic mass is 16.5. The van der Waals surface area contributed by atoms with Gasteiger partial charge in [0, 0.05) is 17.8 Å². The number of benzene rings is 1. The minimum atomic E-state index is -0.0629. The third-order valence-electron chi connectivity index (χ3n) is 1.90. The number of aromatic hydroxyl groups is 1. The molecule has 1 aromatic heterocycles. The van der Waals surface area contributed by atoms with E-state index in [2.05, 4.69) is 9.72 Å². The molecule has 0 atom stereocenters. The first kappa shape index (κ1) is 8.32. The van der Waals surface area contributed by atoms with E-state index < -0.39 is 0 Å². The molecule has 68 valence electrons. The van der Waals surface area contributed by atoms with Crippen molar-refractivity contribution >= 4 is 10.8 Å². The van der Waals surface area contributed by atoms with Crippen molar-refractivity contribution in [2.75, 3.05) is 0 Å². The molecule has 0 saturated carbocycles. The molecule has 0 fully saturated rings.